The summed E-state index contributed by atoms with van der Waals surface area (Å²) >= 11 is 3.07. The predicted molar refractivity (Wildman–Crippen MR) is 53.9 cm³/mol. The lowest BCUT2D eigenvalue weighted by Crippen LogP contribution is -2.34. The van der Waals surface area contributed by atoms with Crippen molar-refractivity contribution in [3.8, 4) is 0 Å². The van der Waals surface area contributed by atoms with Crippen LogP contribution in [0.15, 0.2) is 20.3 Å². The summed E-state index contributed by atoms with van der Waals surface area (Å²) in [4.78, 5) is 25.1. The van der Waals surface area contributed by atoms with Crippen molar-refractivity contribution in [3.05, 3.63) is 31.5 Å². The number of aromatic nitrogens is 2. The predicted octanol–water partition coefficient (Wildman–Crippen LogP) is 1.10. The number of halogens is 1. The van der Waals surface area contributed by atoms with E-state index in [1.165, 1.54) is 10.8 Å². The Labute approximate surface area is 83.7 Å². The minimum Gasteiger partial charge on any atom is -0.313 e. The number of nitrogens with zero attached hydrogens (tertiary/aromatic N) is 1. The Morgan fingerprint density at radius 1 is 1.54 bits per heavy atom. The molecule has 0 radical (unpaired) electrons. The maximum absolute atomic E-state index is 11.4. The number of nitrogens with one attached hydrogen (secondary N) is 1. The fourth-order valence-electron chi connectivity index (χ4n) is 1.01. The highest BCUT2D eigenvalue weighted by molar-refractivity contribution is 9.10. The molecule has 1 aromatic heterocycles. The zero-order chi connectivity index (χ0) is 9.84. The Hall–Kier alpha value is -0.840. The quantitative estimate of drug-likeness (QED) is 0.869. The summed E-state index contributed by atoms with van der Waals surface area (Å²) < 4.78 is 1.59. The molecule has 0 saturated carbocycles. The van der Waals surface area contributed by atoms with Crippen molar-refractivity contribution in [1.82, 2.24) is 9.55 Å². The zero-order valence-electron chi connectivity index (χ0n) is 7.34. The zero-order valence-corrected chi connectivity index (χ0v) is 8.93. The smallest absolute Gasteiger partial charge is 0.313 e. The van der Waals surface area contributed by atoms with E-state index in [2.05, 4.69) is 20.9 Å². The Morgan fingerprint density at radius 3 is 2.85 bits per heavy atom. The van der Waals surface area contributed by atoms with Crippen LogP contribution in [0.25, 0.3) is 0 Å². The largest absolute Gasteiger partial charge is 0.328 e. The lowest BCUT2D eigenvalue weighted by atomic mass is 10.3. The molecule has 0 aliphatic rings. The van der Waals surface area contributed by atoms with Crippen LogP contribution in [0.2, 0.25) is 0 Å². The Balaban J connectivity index is 3.11. The van der Waals surface area contributed by atoms with Crippen molar-refractivity contribution in [3.63, 3.8) is 0 Å². The van der Waals surface area contributed by atoms with Gasteiger partial charge in [0.05, 0.1) is 4.47 Å². The molecule has 1 N–H and O–H groups in total. The first-order chi connectivity index (χ1) is 6.16. The molecular weight excluding hydrogens is 236 g/mol. The van der Waals surface area contributed by atoms with Gasteiger partial charge in [0.25, 0.3) is 5.56 Å². The van der Waals surface area contributed by atoms with Crippen LogP contribution in [0.5, 0.6) is 0 Å². The molecule has 0 amide bonds. The van der Waals surface area contributed by atoms with Crippen LogP contribution in [0.4, 0.5) is 0 Å². The first-order valence-corrected chi connectivity index (χ1v) is 4.94. The topological polar surface area (TPSA) is 54.9 Å². The summed E-state index contributed by atoms with van der Waals surface area (Å²) in [7, 11) is 0. The van der Waals surface area contributed by atoms with Gasteiger partial charge in [-0.15, -0.1) is 0 Å². The van der Waals surface area contributed by atoms with Crippen LogP contribution in [-0.2, 0) is 6.54 Å². The number of H-pyrrole nitrogens is 1. The van der Waals surface area contributed by atoms with Crippen molar-refractivity contribution < 1.29 is 0 Å². The lowest BCUT2D eigenvalue weighted by Gasteiger charge is -2.02. The van der Waals surface area contributed by atoms with Gasteiger partial charge in [-0.05, 0) is 22.4 Å². The van der Waals surface area contributed by atoms with Gasteiger partial charge < -0.3 is 4.98 Å². The van der Waals surface area contributed by atoms with E-state index in [1.54, 1.807) is 0 Å². The molecule has 13 heavy (non-hydrogen) atoms. The molecule has 0 fully saturated rings. The van der Waals surface area contributed by atoms with Gasteiger partial charge in [-0.3, -0.25) is 9.36 Å². The average Bonchev–Trinajstić information content (AvgIpc) is 2.12. The summed E-state index contributed by atoms with van der Waals surface area (Å²) in [6.45, 7) is 2.49. The number of hydrogen-bond acceptors (Lipinski definition) is 2. The first-order valence-electron chi connectivity index (χ1n) is 4.15. The number of unbranched alkanes of at least 4 members (excludes halogenated alkanes) is 1. The Morgan fingerprint density at radius 2 is 2.23 bits per heavy atom. The van der Waals surface area contributed by atoms with Crippen LogP contribution in [-0.4, -0.2) is 9.55 Å². The molecule has 1 heterocycles. The highest BCUT2D eigenvalue weighted by Crippen LogP contribution is 1.97. The molecule has 0 aliphatic carbocycles. The third-order valence-corrected chi connectivity index (χ3v) is 2.32. The Kier molecular flexibility index (Phi) is 3.48. The SMILES string of the molecule is CCCCn1c(=O)[nH]cc(Br)c1=O. The minimum absolute atomic E-state index is 0.266. The van der Waals surface area contributed by atoms with Crippen molar-refractivity contribution >= 4 is 15.9 Å². The third-order valence-electron chi connectivity index (χ3n) is 1.75. The fraction of sp³-hybridized carbons (Fsp3) is 0.500. The van der Waals surface area contributed by atoms with E-state index in [-0.39, 0.29) is 11.2 Å². The molecule has 0 spiro atoms. The second kappa shape index (κ2) is 4.41. The molecule has 72 valence electrons. The van der Waals surface area contributed by atoms with E-state index >= 15 is 0 Å². The van der Waals surface area contributed by atoms with Crippen LogP contribution in [0.3, 0.4) is 0 Å². The van der Waals surface area contributed by atoms with Gasteiger partial charge in [0.2, 0.25) is 0 Å². The summed E-state index contributed by atoms with van der Waals surface area (Å²) in [6, 6.07) is 0. The molecule has 0 saturated heterocycles. The van der Waals surface area contributed by atoms with Gasteiger partial charge in [-0.2, -0.15) is 0 Å². The highest BCUT2D eigenvalue weighted by Gasteiger charge is 2.03. The molecule has 0 bridgehead atoms. The van der Waals surface area contributed by atoms with Gasteiger partial charge >= 0.3 is 5.69 Å². The summed E-state index contributed by atoms with van der Waals surface area (Å²) in [5.74, 6) is 0. The van der Waals surface area contributed by atoms with Gasteiger partial charge in [-0.25, -0.2) is 4.79 Å². The molecule has 5 heteroatoms. The van der Waals surface area contributed by atoms with Gasteiger partial charge in [-0.1, -0.05) is 13.3 Å². The third kappa shape index (κ3) is 2.30. The second-order valence-corrected chi connectivity index (χ2v) is 3.61. The van der Waals surface area contributed by atoms with Gasteiger partial charge in [0, 0.05) is 12.7 Å². The number of aromatic amines is 1. The van der Waals surface area contributed by atoms with E-state index in [0.29, 0.717) is 11.0 Å². The standard InChI is InChI=1S/C8H11BrN2O2/c1-2-3-4-11-7(12)6(9)5-10-8(11)13/h5H,2-4H2,1H3,(H,10,13). The maximum atomic E-state index is 11.4. The normalized spacial score (nSPS) is 10.3. The molecule has 4 nitrogen and oxygen atoms in total. The van der Waals surface area contributed by atoms with E-state index in [9.17, 15) is 9.59 Å². The number of hydrogen-bond donors (Lipinski definition) is 1. The van der Waals surface area contributed by atoms with Crippen LogP contribution >= 0.6 is 15.9 Å². The summed E-state index contributed by atoms with van der Waals surface area (Å²) in [6.07, 6.45) is 3.16. The van der Waals surface area contributed by atoms with E-state index in [4.69, 9.17) is 0 Å². The maximum Gasteiger partial charge on any atom is 0.328 e. The van der Waals surface area contributed by atoms with Crippen LogP contribution < -0.4 is 11.2 Å². The van der Waals surface area contributed by atoms with Gasteiger partial charge in [0.1, 0.15) is 0 Å². The van der Waals surface area contributed by atoms with Gasteiger partial charge in [0.15, 0.2) is 0 Å². The van der Waals surface area contributed by atoms with Crippen molar-refractivity contribution in [2.45, 2.75) is 26.3 Å². The lowest BCUT2D eigenvalue weighted by molar-refractivity contribution is 0.580. The average molecular weight is 247 g/mol. The van der Waals surface area contributed by atoms with Crippen molar-refractivity contribution in [2.75, 3.05) is 0 Å². The van der Waals surface area contributed by atoms with Crippen molar-refractivity contribution in [1.29, 1.82) is 0 Å². The van der Waals surface area contributed by atoms with E-state index < -0.39 is 0 Å². The summed E-state index contributed by atoms with van der Waals surface area (Å²) in [5, 5.41) is 0. The van der Waals surface area contributed by atoms with Crippen molar-refractivity contribution in [2.24, 2.45) is 0 Å². The highest BCUT2D eigenvalue weighted by atomic mass is 79.9. The van der Waals surface area contributed by atoms with Crippen LogP contribution in [0.1, 0.15) is 19.8 Å². The molecule has 0 unspecified atom stereocenters. The molecule has 1 aromatic rings. The minimum atomic E-state index is -0.346. The Bertz CT molecular complexity index is 394. The molecular formula is C8H11BrN2O2. The molecule has 0 aliphatic heterocycles. The molecule has 1 rings (SSSR count). The summed E-state index contributed by atoms with van der Waals surface area (Å²) in [5.41, 5.74) is -0.612. The number of rotatable bonds is 3. The van der Waals surface area contributed by atoms with Crippen LogP contribution in [0, 0.1) is 0 Å². The second-order valence-electron chi connectivity index (χ2n) is 2.75. The first kappa shape index (κ1) is 10.2. The monoisotopic (exact) mass is 246 g/mol. The molecule has 0 atom stereocenters. The van der Waals surface area contributed by atoms with E-state index in [1.807, 2.05) is 6.92 Å². The fourth-order valence-corrected chi connectivity index (χ4v) is 1.33. The van der Waals surface area contributed by atoms with E-state index in [0.717, 1.165) is 12.8 Å². The molecule has 0 aromatic carbocycles.